The van der Waals surface area contributed by atoms with Crippen LogP contribution in [-0.2, 0) is 6.42 Å². The fraction of sp³-hybridized carbons (Fsp3) is 0.250. The van der Waals surface area contributed by atoms with Gasteiger partial charge in [-0.1, -0.05) is 36.4 Å². The normalized spacial score (nSPS) is 13.3. The Morgan fingerprint density at radius 3 is 2.56 bits per heavy atom. The van der Waals surface area contributed by atoms with Gasteiger partial charge in [-0.25, -0.2) is 4.79 Å². The highest BCUT2D eigenvalue weighted by molar-refractivity contribution is 5.65. The Hall–Kier alpha value is -2.37. The van der Waals surface area contributed by atoms with E-state index >= 15 is 0 Å². The molecule has 6 heteroatoms. The quantitative estimate of drug-likeness (QED) is 0.456. The summed E-state index contributed by atoms with van der Waals surface area (Å²) in [5.41, 5.74) is 0.776. The molecule has 0 radical (unpaired) electrons. The summed E-state index contributed by atoms with van der Waals surface area (Å²) in [5.74, 6) is 0. The number of carboxylic acid groups (broad SMARTS) is 1. The summed E-state index contributed by atoms with van der Waals surface area (Å²) in [7, 11) is 0. The van der Waals surface area contributed by atoms with Gasteiger partial charge in [-0.3, -0.25) is 10.1 Å². The van der Waals surface area contributed by atoms with E-state index in [0.29, 0.717) is 0 Å². The summed E-state index contributed by atoms with van der Waals surface area (Å²) in [6, 6.07) is 6.90. The van der Waals surface area contributed by atoms with Crippen LogP contribution < -0.4 is 5.32 Å². The number of rotatable bonds is 6. The third kappa shape index (κ3) is 3.89. The van der Waals surface area contributed by atoms with Crippen molar-refractivity contribution < 1.29 is 14.8 Å². The molecule has 0 heterocycles. The van der Waals surface area contributed by atoms with Crippen molar-refractivity contribution in [2.75, 3.05) is 0 Å². The summed E-state index contributed by atoms with van der Waals surface area (Å²) >= 11 is 0. The second kappa shape index (κ2) is 6.39. The molecule has 96 valence electrons. The van der Waals surface area contributed by atoms with Gasteiger partial charge in [-0.2, -0.15) is 0 Å². The zero-order valence-corrected chi connectivity index (χ0v) is 9.65. The molecule has 1 aromatic rings. The van der Waals surface area contributed by atoms with E-state index in [0.717, 1.165) is 5.56 Å². The van der Waals surface area contributed by atoms with Gasteiger partial charge < -0.3 is 10.4 Å². The maximum Gasteiger partial charge on any atom is 0.405 e. The van der Waals surface area contributed by atoms with Crippen molar-refractivity contribution in [3.8, 4) is 0 Å². The number of nitrogens with one attached hydrogen (secondary N) is 1. The lowest BCUT2D eigenvalue weighted by Gasteiger charge is -2.17. The van der Waals surface area contributed by atoms with Gasteiger partial charge in [0.15, 0.2) is 0 Å². The van der Waals surface area contributed by atoms with Crippen molar-refractivity contribution in [1.29, 1.82) is 0 Å². The molecule has 0 saturated carbocycles. The van der Waals surface area contributed by atoms with Crippen molar-refractivity contribution in [2.45, 2.75) is 18.5 Å². The molecule has 2 atom stereocenters. The number of hydrogen-bond acceptors (Lipinski definition) is 3. The van der Waals surface area contributed by atoms with E-state index in [2.05, 4.69) is 11.9 Å². The van der Waals surface area contributed by atoms with Crippen LogP contribution in [0.4, 0.5) is 4.79 Å². The molecule has 2 N–H and O–H groups in total. The molecular formula is C12H14N2O4. The van der Waals surface area contributed by atoms with E-state index in [1.807, 2.05) is 6.07 Å². The smallest absolute Gasteiger partial charge is 0.405 e. The molecule has 0 bridgehead atoms. The molecular weight excluding hydrogens is 236 g/mol. The third-order valence-corrected chi connectivity index (χ3v) is 2.52. The van der Waals surface area contributed by atoms with Crippen LogP contribution in [0.5, 0.6) is 0 Å². The minimum absolute atomic E-state index is 0.144. The van der Waals surface area contributed by atoms with E-state index in [4.69, 9.17) is 5.11 Å². The monoisotopic (exact) mass is 250 g/mol. The van der Waals surface area contributed by atoms with Crippen molar-refractivity contribution in [1.82, 2.24) is 5.32 Å². The predicted molar refractivity (Wildman–Crippen MR) is 66.1 cm³/mol. The van der Waals surface area contributed by atoms with Crippen LogP contribution in [0, 0.1) is 10.1 Å². The van der Waals surface area contributed by atoms with Crippen molar-refractivity contribution in [3.63, 3.8) is 0 Å². The summed E-state index contributed by atoms with van der Waals surface area (Å²) in [6.07, 6.45) is 0.0785. The fourth-order valence-corrected chi connectivity index (χ4v) is 1.64. The second-order valence-electron chi connectivity index (χ2n) is 3.75. The van der Waals surface area contributed by atoms with E-state index in [1.54, 1.807) is 24.3 Å². The number of hydrogen-bond donors (Lipinski definition) is 2. The zero-order valence-electron chi connectivity index (χ0n) is 9.65. The third-order valence-electron chi connectivity index (χ3n) is 2.52. The second-order valence-corrected chi connectivity index (χ2v) is 3.75. The molecule has 0 unspecified atom stereocenters. The average molecular weight is 250 g/mol. The Kier molecular flexibility index (Phi) is 4.86. The summed E-state index contributed by atoms with van der Waals surface area (Å²) in [6.45, 7) is 3.43. The highest BCUT2D eigenvalue weighted by atomic mass is 16.6. The lowest BCUT2D eigenvalue weighted by Crippen LogP contribution is -2.46. The Labute approximate surface area is 104 Å². The lowest BCUT2D eigenvalue weighted by molar-refractivity contribution is -0.524. The largest absolute Gasteiger partial charge is 0.465 e. The van der Waals surface area contributed by atoms with Gasteiger partial charge in [0, 0.05) is 11.3 Å². The number of nitro groups is 1. The van der Waals surface area contributed by atoms with Crippen LogP contribution in [0.2, 0.25) is 0 Å². The van der Waals surface area contributed by atoms with Crippen LogP contribution in [0.25, 0.3) is 0 Å². The minimum Gasteiger partial charge on any atom is -0.465 e. The zero-order chi connectivity index (χ0) is 13.5. The summed E-state index contributed by atoms with van der Waals surface area (Å²) in [4.78, 5) is 21.1. The number of nitrogens with zero attached hydrogens (tertiary/aromatic N) is 1. The molecule has 6 nitrogen and oxygen atoms in total. The molecule has 1 aromatic carbocycles. The van der Waals surface area contributed by atoms with Crippen LogP contribution in [0.1, 0.15) is 5.56 Å². The average Bonchev–Trinajstić information content (AvgIpc) is 2.34. The Morgan fingerprint density at radius 2 is 2.11 bits per heavy atom. The molecule has 0 spiro atoms. The highest BCUT2D eigenvalue weighted by Gasteiger charge is 2.30. The van der Waals surface area contributed by atoms with Gasteiger partial charge in [0.05, 0.1) is 0 Å². The first kappa shape index (κ1) is 13.7. The van der Waals surface area contributed by atoms with Gasteiger partial charge in [-0.05, 0) is 5.56 Å². The molecule has 18 heavy (non-hydrogen) atoms. The minimum atomic E-state index is -1.31. The first-order valence-electron chi connectivity index (χ1n) is 5.34. The van der Waals surface area contributed by atoms with E-state index in [1.165, 1.54) is 6.08 Å². The molecule has 0 aliphatic carbocycles. The molecule has 0 fully saturated rings. The molecule has 0 aliphatic rings. The van der Waals surface area contributed by atoms with E-state index in [-0.39, 0.29) is 6.42 Å². The van der Waals surface area contributed by atoms with Gasteiger partial charge in [0.2, 0.25) is 6.04 Å². The van der Waals surface area contributed by atoms with Crippen LogP contribution in [0.3, 0.4) is 0 Å². The number of benzene rings is 1. The molecule has 1 rings (SSSR count). The Balaban J connectivity index is 2.84. The van der Waals surface area contributed by atoms with E-state index < -0.39 is 23.1 Å². The molecule has 0 aliphatic heterocycles. The molecule has 0 aromatic heterocycles. The molecule has 0 saturated heterocycles. The number of carbonyl (C=O) groups is 1. The van der Waals surface area contributed by atoms with Crippen LogP contribution >= 0.6 is 0 Å². The Morgan fingerprint density at radius 1 is 1.50 bits per heavy atom. The standard InChI is InChI=1S/C12H14N2O4/c1-2-10(13-12(15)16)11(14(17)18)8-9-6-4-3-5-7-9/h2-7,10-11,13H,1,8H2,(H,15,16)/t10-,11+/m0/s1. The molecule has 1 amide bonds. The lowest BCUT2D eigenvalue weighted by atomic mass is 10.00. The van der Waals surface area contributed by atoms with Crippen molar-refractivity contribution in [3.05, 3.63) is 58.7 Å². The number of amides is 1. The first-order valence-corrected chi connectivity index (χ1v) is 5.34. The Bertz CT molecular complexity index is 433. The van der Waals surface area contributed by atoms with Crippen LogP contribution in [-0.4, -0.2) is 28.2 Å². The van der Waals surface area contributed by atoms with Gasteiger partial charge >= 0.3 is 6.09 Å². The van der Waals surface area contributed by atoms with E-state index in [9.17, 15) is 14.9 Å². The highest BCUT2D eigenvalue weighted by Crippen LogP contribution is 2.10. The summed E-state index contributed by atoms with van der Waals surface area (Å²) in [5, 5.41) is 21.7. The summed E-state index contributed by atoms with van der Waals surface area (Å²) < 4.78 is 0. The maximum absolute atomic E-state index is 11.0. The fourth-order valence-electron chi connectivity index (χ4n) is 1.64. The van der Waals surface area contributed by atoms with Crippen molar-refractivity contribution in [2.24, 2.45) is 0 Å². The topological polar surface area (TPSA) is 92.5 Å². The van der Waals surface area contributed by atoms with Gasteiger partial charge in [0.25, 0.3) is 0 Å². The van der Waals surface area contributed by atoms with Crippen LogP contribution in [0.15, 0.2) is 43.0 Å². The van der Waals surface area contributed by atoms with Crippen molar-refractivity contribution >= 4 is 6.09 Å². The predicted octanol–water partition coefficient (Wildman–Crippen LogP) is 1.70. The first-order chi connectivity index (χ1) is 8.54. The maximum atomic E-state index is 11.0. The van der Waals surface area contributed by atoms with Gasteiger partial charge in [0.1, 0.15) is 6.04 Å². The van der Waals surface area contributed by atoms with Gasteiger partial charge in [-0.15, -0.1) is 6.58 Å². The SMILES string of the molecule is C=C[C@H](NC(=O)O)[C@@H](Cc1ccccc1)[N+](=O)[O-].